The zero-order valence-corrected chi connectivity index (χ0v) is 11.3. The Bertz CT molecular complexity index is 609. The van der Waals surface area contributed by atoms with Gasteiger partial charge >= 0.3 is 0 Å². The summed E-state index contributed by atoms with van der Waals surface area (Å²) in [5.41, 5.74) is 0.646. The van der Waals surface area contributed by atoms with Gasteiger partial charge in [-0.05, 0) is 18.6 Å². The van der Waals surface area contributed by atoms with E-state index >= 15 is 0 Å². The van der Waals surface area contributed by atoms with Crippen LogP contribution in [0.15, 0.2) is 30.6 Å². The van der Waals surface area contributed by atoms with Gasteiger partial charge in [0.2, 0.25) is 0 Å². The molecule has 0 aliphatic heterocycles. The molecule has 1 heterocycles. The van der Waals surface area contributed by atoms with Gasteiger partial charge in [-0.15, -0.1) is 0 Å². The summed E-state index contributed by atoms with van der Waals surface area (Å²) in [4.78, 5) is 10.4. The van der Waals surface area contributed by atoms with E-state index in [1.165, 1.54) is 19.2 Å². The van der Waals surface area contributed by atoms with Crippen molar-refractivity contribution in [1.82, 2.24) is 9.78 Å². The van der Waals surface area contributed by atoms with Gasteiger partial charge in [-0.2, -0.15) is 5.10 Å². The molecule has 1 aromatic carbocycles. The first-order valence-corrected chi connectivity index (χ1v) is 6.10. The summed E-state index contributed by atoms with van der Waals surface area (Å²) in [5.74, 6) is 1.05. The van der Waals surface area contributed by atoms with Gasteiger partial charge in [-0.3, -0.25) is 14.8 Å². The number of nitrogens with zero attached hydrogens (tertiary/aromatic N) is 3. The van der Waals surface area contributed by atoms with E-state index in [1.54, 1.807) is 23.1 Å². The Hall–Kier alpha value is -2.57. The SMILES string of the molecule is CCn1cc(OCc2cc(OC)cc([N+](=O)[O-])c2)cn1. The van der Waals surface area contributed by atoms with Crippen LogP contribution < -0.4 is 9.47 Å². The van der Waals surface area contributed by atoms with Crippen molar-refractivity contribution in [3.05, 3.63) is 46.3 Å². The molecule has 0 unspecified atom stereocenters. The number of ether oxygens (including phenoxy) is 2. The topological polar surface area (TPSA) is 79.4 Å². The molecular formula is C13H15N3O4. The van der Waals surface area contributed by atoms with Crippen LogP contribution in [0.4, 0.5) is 5.69 Å². The smallest absolute Gasteiger partial charge is 0.273 e. The highest BCUT2D eigenvalue weighted by atomic mass is 16.6. The maximum absolute atomic E-state index is 10.8. The van der Waals surface area contributed by atoms with Crippen molar-refractivity contribution in [3.8, 4) is 11.5 Å². The number of benzene rings is 1. The fraction of sp³-hybridized carbons (Fsp3) is 0.308. The van der Waals surface area contributed by atoms with Crippen molar-refractivity contribution >= 4 is 5.69 Å². The second-order valence-corrected chi connectivity index (χ2v) is 4.12. The van der Waals surface area contributed by atoms with Gasteiger partial charge in [0.1, 0.15) is 12.4 Å². The number of rotatable bonds is 6. The minimum atomic E-state index is -0.457. The second-order valence-electron chi connectivity index (χ2n) is 4.12. The number of aryl methyl sites for hydroxylation is 1. The molecule has 1 aromatic heterocycles. The monoisotopic (exact) mass is 277 g/mol. The Labute approximate surface area is 115 Å². The van der Waals surface area contributed by atoms with E-state index in [1.807, 2.05) is 6.92 Å². The maximum Gasteiger partial charge on any atom is 0.273 e. The lowest BCUT2D eigenvalue weighted by molar-refractivity contribution is -0.385. The molecule has 0 N–H and O–H groups in total. The van der Waals surface area contributed by atoms with Crippen LogP contribution in [-0.4, -0.2) is 21.8 Å². The number of non-ortho nitro benzene ring substituents is 1. The third kappa shape index (κ3) is 3.25. The molecule has 0 radical (unpaired) electrons. The summed E-state index contributed by atoms with van der Waals surface area (Å²) >= 11 is 0. The van der Waals surface area contributed by atoms with Crippen LogP contribution in [0.2, 0.25) is 0 Å². The van der Waals surface area contributed by atoms with Crippen molar-refractivity contribution in [2.75, 3.05) is 7.11 Å². The molecule has 7 heteroatoms. The standard InChI is InChI=1S/C13H15N3O4/c1-3-15-8-13(7-14-15)20-9-10-4-11(16(17)18)6-12(5-10)19-2/h4-8H,3,9H2,1-2H3. The summed E-state index contributed by atoms with van der Waals surface area (Å²) in [6.45, 7) is 2.95. The van der Waals surface area contributed by atoms with Crippen LogP contribution in [0.1, 0.15) is 12.5 Å². The van der Waals surface area contributed by atoms with E-state index in [4.69, 9.17) is 9.47 Å². The predicted octanol–water partition coefficient (Wildman–Crippen LogP) is 2.40. The Balaban J connectivity index is 2.12. The molecule has 0 amide bonds. The predicted molar refractivity (Wildman–Crippen MR) is 71.9 cm³/mol. The van der Waals surface area contributed by atoms with Crippen molar-refractivity contribution in [2.24, 2.45) is 0 Å². The zero-order chi connectivity index (χ0) is 14.5. The van der Waals surface area contributed by atoms with E-state index in [2.05, 4.69) is 5.10 Å². The Morgan fingerprint density at radius 2 is 2.15 bits per heavy atom. The van der Waals surface area contributed by atoms with Crippen LogP contribution in [0.25, 0.3) is 0 Å². The van der Waals surface area contributed by atoms with Crippen LogP contribution in [0.3, 0.4) is 0 Å². The molecule has 2 aromatic rings. The van der Waals surface area contributed by atoms with Gasteiger partial charge in [-0.1, -0.05) is 0 Å². The van der Waals surface area contributed by atoms with Crippen LogP contribution >= 0.6 is 0 Å². The molecular weight excluding hydrogens is 262 g/mol. The fourth-order valence-corrected chi connectivity index (χ4v) is 1.71. The summed E-state index contributed by atoms with van der Waals surface area (Å²) in [6.07, 6.45) is 3.38. The van der Waals surface area contributed by atoms with Gasteiger partial charge in [0.15, 0.2) is 5.75 Å². The first-order chi connectivity index (χ1) is 9.62. The first kappa shape index (κ1) is 13.9. The first-order valence-electron chi connectivity index (χ1n) is 6.10. The van der Waals surface area contributed by atoms with E-state index in [9.17, 15) is 10.1 Å². The number of methoxy groups -OCH3 is 1. The Morgan fingerprint density at radius 3 is 2.75 bits per heavy atom. The highest BCUT2D eigenvalue weighted by molar-refractivity contribution is 5.42. The minimum absolute atomic E-state index is 0.0211. The molecule has 20 heavy (non-hydrogen) atoms. The average molecular weight is 277 g/mol. The van der Waals surface area contributed by atoms with Crippen molar-refractivity contribution in [1.29, 1.82) is 0 Å². The summed E-state index contributed by atoms with van der Waals surface area (Å²) in [7, 11) is 1.47. The average Bonchev–Trinajstić information content (AvgIpc) is 2.92. The Kier molecular flexibility index (Phi) is 4.19. The zero-order valence-electron chi connectivity index (χ0n) is 11.3. The largest absolute Gasteiger partial charge is 0.496 e. The highest BCUT2D eigenvalue weighted by Crippen LogP contribution is 2.23. The number of aromatic nitrogens is 2. The normalized spacial score (nSPS) is 10.3. The van der Waals surface area contributed by atoms with Gasteiger partial charge < -0.3 is 9.47 Å². The maximum atomic E-state index is 10.8. The van der Waals surface area contributed by atoms with Gasteiger partial charge in [0, 0.05) is 12.6 Å². The molecule has 0 fully saturated rings. The third-order valence-electron chi connectivity index (χ3n) is 2.74. The molecule has 0 aliphatic carbocycles. The summed E-state index contributed by atoms with van der Waals surface area (Å²) in [6, 6.07) is 4.54. The van der Waals surface area contributed by atoms with Gasteiger partial charge in [0.05, 0.1) is 30.5 Å². The van der Waals surface area contributed by atoms with E-state index in [0.29, 0.717) is 17.1 Å². The highest BCUT2D eigenvalue weighted by Gasteiger charge is 2.11. The van der Waals surface area contributed by atoms with Crippen LogP contribution in [0, 0.1) is 10.1 Å². The van der Waals surface area contributed by atoms with Crippen LogP contribution in [-0.2, 0) is 13.2 Å². The van der Waals surface area contributed by atoms with E-state index in [0.717, 1.165) is 6.54 Å². The molecule has 2 rings (SSSR count). The lowest BCUT2D eigenvalue weighted by Gasteiger charge is -2.06. The van der Waals surface area contributed by atoms with Crippen LogP contribution in [0.5, 0.6) is 11.5 Å². The fourth-order valence-electron chi connectivity index (χ4n) is 1.71. The molecule has 0 spiro atoms. The minimum Gasteiger partial charge on any atom is -0.496 e. The van der Waals surface area contributed by atoms with E-state index in [-0.39, 0.29) is 12.3 Å². The lowest BCUT2D eigenvalue weighted by atomic mass is 10.2. The number of hydrogen-bond acceptors (Lipinski definition) is 5. The molecule has 0 saturated carbocycles. The molecule has 0 bridgehead atoms. The van der Waals surface area contributed by atoms with E-state index < -0.39 is 4.92 Å². The van der Waals surface area contributed by atoms with Crippen molar-refractivity contribution in [2.45, 2.75) is 20.1 Å². The molecule has 106 valence electrons. The molecule has 0 saturated heterocycles. The van der Waals surface area contributed by atoms with Crippen molar-refractivity contribution in [3.63, 3.8) is 0 Å². The second kappa shape index (κ2) is 6.05. The number of nitro benzene ring substituents is 1. The van der Waals surface area contributed by atoms with Gasteiger partial charge in [-0.25, -0.2) is 0 Å². The quantitative estimate of drug-likeness (QED) is 0.598. The lowest BCUT2D eigenvalue weighted by Crippen LogP contribution is -1.98. The molecule has 0 aliphatic rings. The Morgan fingerprint density at radius 1 is 1.35 bits per heavy atom. The molecule has 7 nitrogen and oxygen atoms in total. The van der Waals surface area contributed by atoms with Crippen molar-refractivity contribution < 1.29 is 14.4 Å². The van der Waals surface area contributed by atoms with Gasteiger partial charge in [0.25, 0.3) is 5.69 Å². The summed E-state index contributed by atoms with van der Waals surface area (Å²) in [5, 5.41) is 14.9. The third-order valence-corrected chi connectivity index (χ3v) is 2.74. The summed E-state index contributed by atoms with van der Waals surface area (Å²) < 4.78 is 12.3. The number of nitro groups is 1. The molecule has 0 atom stereocenters. The number of hydrogen-bond donors (Lipinski definition) is 0.